The predicted octanol–water partition coefficient (Wildman–Crippen LogP) is 0.304. The lowest BCUT2D eigenvalue weighted by molar-refractivity contribution is 0.476. The summed E-state index contributed by atoms with van der Waals surface area (Å²) in [4.78, 5) is 0. The Morgan fingerprint density at radius 3 is 2.56 bits per heavy atom. The quantitative estimate of drug-likeness (QED) is 0.514. The van der Waals surface area contributed by atoms with E-state index in [1.165, 1.54) is 0 Å². The second-order valence-electron chi connectivity index (χ2n) is 1.93. The maximum Gasteiger partial charge on any atom is 0.141 e. The highest BCUT2D eigenvalue weighted by Crippen LogP contribution is 2.10. The first-order valence-electron chi connectivity index (χ1n) is 2.65. The Balaban J connectivity index is 3.17. The summed E-state index contributed by atoms with van der Waals surface area (Å²) in [5.74, 6) is 0.261. The third kappa shape index (κ3) is 1.39. The second-order valence-corrected chi connectivity index (χ2v) is 2.34. The zero-order chi connectivity index (χ0) is 6.85. The SMILES string of the molecule is Bc1cc(O)ccc1Cl. The molecule has 0 amide bonds. The molecule has 0 aliphatic rings. The molecule has 1 aromatic rings. The van der Waals surface area contributed by atoms with E-state index < -0.39 is 0 Å². The Kier molecular flexibility index (Phi) is 1.67. The standard InChI is InChI=1S/C6H6BClO/c7-5-3-4(9)1-2-6(5)8/h1-3,9H,7H2. The molecule has 9 heavy (non-hydrogen) atoms. The average molecular weight is 140 g/mol. The molecule has 0 unspecified atom stereocenters. The molecule has 1 N–H and O–H groups in total. The summed E-state index contributed by atoms with van der Waals surface area (Å²) in [5, 5.41) is 9.57. The molecule has 0 atom stereocenters. The zero-order valence-electron chi connectivity index (χ0n) is 5.06. The molecule has 0 aromatic heterocycles. The van der Waals surface area contributed by atoms with Gasteiger partial charge in [-0.1, -0.05) is 17.1 Å². The van der Waals surface area contributed by atoms with Gasteiger partial charge in [-0.3, -0.25) is 0 Å². The van der Waals surface area contributed by atoms with E-state index in [1.54, 1.807) is 18.2 Å². The molecule has 0 saturated heterocycles. The van der Waals surface area contributed by atoms with Crippen molar-refractivity contribution in [2.24, 2.45) is 0 Å². The zero-order valence-corrected chi connectivity index (χ0v) is 5.81. The molecular formula is C6H6BClO. The lowest BCUT2D eigenvalue weighted by Gasteiger charge is -1.95. The molecule has 0 saturated carbocycles. The number of phenolic OH excluding ortho intramolecular Hbond substituents is 1. The van der Waals surface area contributed by atoms with Crippen LogP contribution in [0.2, 0.25) is 5.02 Å². The monoisotopic (exact) mass is 140 g/mol. The third-order valence-corrected chi connectivity index (χ3v) is 1.57. The number of rotatable bonds is 0. The molecule has 46 valence electrons. The van der Waals surface area contributed by atoms with Gasteiger partial charge >= 0.3 is 0 Å². The van der Waals surface area contributed by atoms with Gasteiger partial charge in [-0.05, 0) is 18.2 Å². The van der Waals surface area contributed by atoms with Crippen molar-refractivity contribution in [2.45, 2.75) is 0 Å². The number of hydrogen-bond donors (Lipinski definition) is 1. The molecule has 0 radical (unpaired) electrons. The van der Waals surface area contributed by atoms with E-state index in [0.717, 1.165) is 5.46 Å². The number of hydrogen-bond acceptors (Lipinski definition) is 1. The van der Waals surface area contributed by atoms with Crippen LogP contribution < -0.4 is 5.46 Å². The molecular weight excluding hydrogens is 134 g/mol. The van der Waals surface area contributed by atoms with Crippen molar-refractivity contribution in [2.75, 3.05) is 0 Å². The Morgan fingerprint density at radius 1 is 1.44 bits per heavy atom. The topological polar surface area (TPSA) is 20.2 Å². The molecule has 0 heterocycles. The van der Waals surface area contributed by atoms with Crippen molar-refractivity contribution in [1.82, 2.24) is 0 Å². The van der Waals surface area contributed by atoms with Crippen LogP contribution in [0.1, 0.15) is 0 Å². The van der Waals surface area contributed by atoms with E-state index in [-0.39, 0.29) is 5.75 Å². The highest BCUT2D eigenvalue weighted by molar-refractivity contribution is 6.45. The van der Waals surface area contributed by atoms with E-state index in [2.05, 4.69) is 0 Å². The highest BCUT2D eigenvalue weighted by atomic mass is 35.5. The summed E-state index contributed by atoms with van der Waals surface area (Å²) in [5.41, 5.74) is 0.900. The van der Waals surface area contributed by atoms with Gasteiger partial charge in [0.15, 0.2) is 0 Å². The fourth-order valence-corrected chi connectivity index (χ4v) is 0.746. The van der Waals surface area contributed by atoms with E-state index >= 15 is 0 Å². The van der Waals surface area contributed by atoms with Crippen LogP contribution in [-0.2, 0) is 0 Å². The second kappa shape index (κ2) is 2.32. The van der Waals surface area contributed by atoms with Gasteiger partial charge in [0.25, 0.3) is 0 Å². The average Bonchev–Trinajstić information content (AvgIpc) is 1.80. The Labute approximate surface area is 59.7 Å². The van der Waals surface area contributed by atoms with Crippen molar-refractivity contribution in [3.8, 4) is 5.75 Å². The van der Waals surface area contributed by atoms with Gasteiger partial charge in [0.1, 0.15) is 13.6 Å². The van der Waals surface area contributed by atoms with Gasteiger partial charge in [0.2, 0.25) is 0 Å². The first-order chi connectivity index (χ1) is 4.20. The third-order valence-electron chi connectivity index (χ3n) is 1.14. The van der Waals surface area contributed by atoms with Crippen molar-refractivity contribution < 1.29 is 5.11 Å². The Hall–Kier alpha value is -0.625. The van der Waals surface area contributed by atoms with Crippen molar-refractivity contribution in [3.63, 3.8) is 0 Å². The minimum Gasteiger partial charge on any atom is -0.508 e. The van der Waals surface area contributed by atoms with Gasteiger partial charge in [-0.25, -0.2) is 0 Å². The molecule has 0 aliphatic carbocycles. The van der Waals surface area contributed by atoms with Crippen LogP contribution in [0.15, 0.2) is 18.2 Å². The van der Waals surface area contributed by atoms with Gasteiger partial charge in [0.05, 0.1) is 0 Å². The van der Waals surface area contributed by atoms with Crippen molar-refractivity contribution >= 4 is 24.9 Å². The first-order valence-corrected chi connectivity index (χ1v) is 3.03. The summed E-state index contributed by atoms with van der Waals surface area (Å²) < 4.78 is 0. The van der Waals surface area contributed by atoms with Crippen LogP contribution in [-0.4, -0.2) is 13.0 Å². The predicted molar refractivity (Wildman–Crippen MR) is 41.3 cm³/mol. The van der Waals surface area contributed by atoms with Crippen LogP contribution in [0.5, 0.6) is 5.75 Å². The number of halogens is 1. The minimum absolute atomic E-state index is 0.261. The van der Waals surface area contributed by atoms with E-state index in [4.69, 9.17) is 16.7 Å². The normalized spacial score (nSPS) is 9.44. The maximum absolute atomic E-state index is 8.88. The van der Waals surface area contributed by atoms with Gasteiger partial charge in [0, 0.05) is 5.02 Å². The molecule has 0 fully saturated rings. The summed E-state index contributed by atoms with van der Waals surface area (Å²) in [6, 6.07) is 4.86. The van der Waals surface area contributed by atoms with Crippen LogP contribution in [0.25, 0.3) is 0 Å². The Bertz CT molecular complexity index is 224. The molecule has 1 nitrogen and oxygen atoms in total. The minimum atomic E-state index is 0.261. The largest absolute Gasteiger partial charge is 0.508 e. The molecule has 0 spiro atoms. The van der Waals surface area contributed by atoms with E-state index in [9.17, 15) is 0 Å². The highest BCUT2D eigenvalue weighted by Gasteiger charge is 1.92. The van der Waals surface area contributed by atoms with Crippen molar-refractivity contribution in [3.05, 3.63) is 23.2 Å². The smallest absolute Gasteiger partial charge is 0.141 e. The van der Waals surface area contributed by atoms with E-state index in [1.807, 2.05) is 7.85 Å². The fourth-order valence-electron chi connectivity index (χ4n) is 0.629. The fraction of sp³-hybridized carbons (Fsp3) is 0. The summed E-state index contributed by atoms with van der Waals surface area (Å²) in [6.07, 6.45) is 0. The molecule has 1 aromatic carbocycles. The van der Waals surface area contributed by atoms with Gasteiger partial charge in [-0.2, -0.15) is 0 Å². The molecule has 0 bridgehead atoms. The summed E-state index contributed by atoms with van der Waals surface area (Å²) in [7, 11) is 1.85. The summed E-state index contributed by atoms with van der Waals surface area (Å²) in [6.45, 7) is 0. The molecule has 1 rings (SSSR count). The lowest BCUT2D eigenvalue weighted by Crippen LogP contribution is -2.01. The molecule has 0 aliphatic heterocycles. The van der Waals surface area contributed by atoms with Crippen LogP contribution >= 0.6 is 11.6 Å². The molecule has 3 heteroatoms. The van der Waals surface area contributed by atoms with Crippen molar-refractivity contribution in [1.29, 1.82) is 0 Å². The number of benzene rings is 1. The Morgan fingerprint density at radius 2 is 2.11 bits per heavy atom. The van der Waals surface area contributed by atoms with E-state index in [0.29, 0.717) is 5.02 Å². The number of aromatic hydroxyl groups is 1. The number of phenols is 1. The summed E-state index contributed by atoms with van der Waals surface area (Å²) >= 11 is 5.67. The van der Waals surface area contributed by atoms with Crippen LogP contribution in [0.4, 0.5) is 0 Å². The lowest BCUT2D eigenvalue weighted by atomic mass is 9.96. The maximum atomic E-state index is 8.88. The van der Waals surface area contributed by atoms with Gasteiger partial charge in [-0.15, -0.1) is 0 Å². The van der Waals surface area contributed by atoms with Gasteiger partial charge < -0.3 is 5.11 Å². The first kappa shape index (κ1) is 6.49. The van der Waals surface area contributed by atoms with Crippen LogP contribution in [0.3, 0.4) is 0 Å². The van der Waals surface area contributed by atoms with Crippen LogP contribution in [0, 0.1) is 0 Å².